The Labute approximate surface area is 100 Å². The van der Waals surface area contributed by atoms with Crippen molar-refractivity contribution in [3.8, 4) is 6.07 Å². The van der Waals surface area contributed by atoms with Crippen molar-refractivity contribution in [1.82, 2.24) is 9.80 Å². The number of rotatable bonds is 1. The van der Waals surface area contributed by atoms with Crippen LogP contribution in [0.4, 0.5) is 0 Å². The molecule has 2 aliphatic rings. The molecule has 0 radical (unpaired) electrons. The fraction of sp³-hybridized carbons (Fsp3) is 0.583. The molecule has 90 valence electrons. The van der Waals surface area contributed by atoms with Crippen molar-refractivity contribution in [3.05, 3.63) is 11.6 Å². The number of nitrogens with zero attached hydrogens (tertiary/aromatic N) is 3. The number of hydrogen-bond acceptors (Lipinski definition) is 4. The van der Waals surface area contributed by atoms with Crippen molar-refractivity contribution in [3.63, 3.8) is 0 Å². The summed E-state index contributed by atoms with van der Waals surface area (Å²) < 4.78 is 0. The van der Waals surface area contributed by atoms with Gasteiger partial charge in [0, 0.05) is 24.7 Å². The minimum absolute atomic E-state index is 0.318. The van der Waals surface area contributed by atoms with E-state index in [1.54, 1.807) is 6.92 Å². The Bertz CT molecular complexity index is 439. The third-order valence-electron chi connectivity index (χ3n) is 3.55. The summed E-state index contributed by atoms with van der Waals surface area (Å²) in [4.78, 5) is 27.0. The SMILES string of the molecule is CC1=CC(=O)N(C2(C#N)CCN(C)CC2)C1=O. The van der Waals surface area contributed by atoms with Gasteiger partial charge in [0.25, 0.3) is 11.8 Å². The molecule has 5 heteroatoms. The first-order valence-corrected chi connectivity index (χ1v) is 5.67. The molecule has 0 spiro atoms. The molecule has 0 aromatic carbocycles. The molecule has 2 heterocycles. The van der Waals surface area contributed by atoms with Crippen LogP contribution in [-0.2, 0) is 9.59 Å². The molecule has 0 N–H and O–H groups in total. The quantitative estimate of drug-likeness (QED) is 0.611. The summed E-state index contributed by atoms with van der Waals surface area (Å²) in [6.07, 6.45) is 2.37. The number of likely N-dealkylation sites (tertiary alicyclic amines) is 1. The smallest absolute Gasteiger partial charge is 0.257 e. The minimum Gasteiger partial charge on any atom is -0.306 e. The molecule has 1 fully saturated rings. The van der Waals surface area contributed by atoms with Crippen LogP contribution in [0.5, 0.6) is 0 Å². The lowest BCUT2D eigenvalue weighted by Crippen LogP contribution is -2.56. The maximum Gasteiger partial charge on any atom is 0.257 e. The van der Waals surface area contributed by atoms with E-state index in [4.69, 9.17) is 0 Å². The van der Waals surface area contributed by atoms with Gasteiger partial charge in [-0.1, -0.05) is 0 Å². The highest BCUT2D eigenvalue weighted by molar-refractivity contribution is 6.16. The zero-order valence-corrected chi connectivity index (χ0v) is 10.1. The first-order valence-electron chi connectivity index (χ1n) is 5.67. The summed E-state index contributed by atoms with van der Waals surface area (Å²) in [6.45, 7) is 3.06. The van der Waals surface area contributed by atoms with Gasteiger partial charge in [0.2, 0.25) is 0 Å². The molecule has 5 nitrogen and oxygen atoms in total. The van der Waals surface area contributed by atoms with Gasteiger partial charge in [0.05, 0.1) is 6.07 Å². The van der Waals surface area contributed by atoms with Gasteiger partial charge >= 0.3 is 0 Å². The lowest BCUT2D eigenvalue weighted by atomic mass is 9.87. The number of nitriles is 1. The summed E-state index contributed by atoms with van der Waals surface area (Å²) >= 11 is 0. The van der Waals surface area contributed by atoms with Crippen molar-refractivity contribution in [2.24, 2.45) is 0 Å². The van der Waals surface area contributed by atoms with Gasteiger partial charge in [-0.05, 0) is 26.8 Å². The standard InChI is InChI=1S/C12H15N3O2/c1-9-7-10(16)15(11(9)17)12(8-13)3-5-14(2)6-4-12/h7H,3-6H2,1-2H3. The second kappa shape index (κ2) is 3.97. The van der Waals surface area contributed by atoms with Crippen molar-refractivity contribution in [2.75, 3.05) is 20.1 Å². The predicted molar refractivity (Wildman–Crippen MR) is 60.7 cm³/mol. The largest absolute Gasteiger partial charge is 0.306 e. The second-order valence-corrected chi connectivity index (χ2v) is 4.75. The molecule has 0 unspecified atom stereocenters. The maximum absolute atomic E-state index is 11.9. The topological polar surface area (TPSA) is 64.4 Å². The molecule has 0 atom stereocenters. The molecular formula is C12H15N3O2. The number of carbonyl (C=O) groups excluding carboxylic acids is 2. The van der Waals surface area contributed by atoms with E-state index in [0.717, 1.165) is 18.0 Å². The van der Waals surface area contributed by atoms with E-state index in [1.807, 2.05) is 7.05 Å². The normalized spacial score (nSPS) is 24.8. The molecule has 0 aromatic heterocycles. The Morgan fingerprint density at radius 3 is 2.35 bits per heavy atom. The van der Waals surface area contributed by atoms with Crippen LogP contribution in [0.3, 0.4) is 0 Å². The monoisotopic (exact) mass is 233 g/mol. The highest BCUT2D eigenvalue weighted by atomic mass is 16.2. The van der Waals surface area contributed by atoms with Gasteiger partial charge in [-0.2, -0.15) is 5.26 Å². The molecular weight excluding hydrogens is 218 g/mol. The highest BCUT2D eigenvalue weighted by Crippen LogP contribution is 2.32. The fourth-order valence-electron chi connectivity index (χ4n) is 2.37. The summed E-state index contributed by atoms with van der Waals surface area (Å²) in [5.74, 6) is -0.667. The molecule has 0 aliphatic carbocycles. The van der Waals surface area contributed by atoms with Crippen molar-refractivity contribution in [2.45, 2.75) is 25.3 Å². The van der Waals surface area contributed by atoms with Crippen LogP contribution in [0.2, 0.25) is 0 Å². The summed E-state index contributed by atoms with van der Waals surface area (Å²) in [6, 6.07) is 2.19. The Morgan fingerprint density at radius 2 is 1.94 bits per heavy atom. The van der Waals surface area contributed by atoms with E-state index in [1.165, 1.54) is 6.08 Å². The van der Waals surface area contributed by atoms with Crippen molar-refractivity contribution >= 4 is 11.8 Å². The average Bonchev–Trinajstić information content (AvgIpc) is 2.56. The molecule has 0 saturated carbocycles. The van der Waals surface area contributed by atoms with E-state index in [2.05, 4.69) is 11.0 Å². The van der Waals surface area contributed by atoms with Gasteiger partial charge in [-0.3, -0.25) is 14.5 Å². The van der Waals surface area contributed by atoms with Gasteiger partial charge in [-0.25, -0.2) is 0 Å². The van der Waals surface area contributed by atoms with E-state index in [0.29, 0.717) is 18.4 Å². The van der Waals surface area contributed by atoms with Crippen LogP contribution in [0, 0.1) is 11.3 Å². The molecule has 2 aliphatic heterocycles. The van der Waals surface area contributed by atoms with Crippen LogP contribution in [0.1, 0.15) is 19.8 Å². The predicted octanol–water partition coefficient (Wildman–Crippen LogP) is 0.289. The number of imide groups is 1. The molecule has 1 saturated heterocycles. The van der Waals surface area contributed by atoms with E-state index in [-0.39, 0.29) is 11.8 Å². The fourth-order valence-corrected chi connectivity index (χ4v) is 2.37. The molecule has 0 aromatic rings. The van der Waals surface area contributed by atoms with Crippen LogP contribution in [-0.4, -0.2) is 47.3 Å². The minimum atomic E-state index is -0.949. The maximum atomic E-state index is 11.9. The summed E-state index contributed by atoms with van der Waals surface area (Å²) in [7, 11) is 1.97. The summed E-state index contributed by atoms with van der Waals surface area (Å²) in [5, 5.41) is 9.37. The molecule has 0 bridgehead atoms. The second-order valence-electron chi connectivity index (χ2n) is 4.75. The first-order chi connectivity index (χ1) is 8.00. The van der Waals surface area contributed by atoms with Crippen molar-refractivity contribution < 1.29 is 9.59 Å². The van der Waals surface area contributed by atoms with E-state index < -0.39 is 5.54 Å². The summed E-state index contributed by atoms with van der Waals surface area (Å²) in [5.41, 5.74) is -0.530. The van der Waals surface area contributed by atoms with Gasteiger partial charge in [-0.15, -0.1) is 0 Å². The Morgan fingerprint density at radius 1 is 1.35 bits per heavy atom. The molecule has 2 rings (SSSR count). The van der Waals surface area contributed by atoms with E-state index in [9.17, 15) is 14.9 Å². The zero-order chi connectivity index (χ0) is 12.6. The number of carbonyl (C=O) groups is 2. The van der Waals surface area contributed by atoms with E-state index >= 15 is 0 Å². The average molecular weight is 233 g/mol. The van der Waals surface area contributed by atoms with Gasteiger partial charge < -0.3 is 4.90 Å². The lowest BCUT2D eigenvalue weighted by molar-refractivity contribution is -0.143. The Hall–Kier alpha value is -1.67. The Balaban J connectivity index is 2.29. The molecule has 2 amide bonds. The third-order valence-corrected chi connectivity index (χ3v) is 3.55. The van der Waals surface area contributed by atoms with Crippen molar-refractivity contribution in [1.29, 1.82) is 5.26 Å². The van der Waals surface area contributed by atoms with Gasteiger partial charge in [0.15, 0.2) is 0 Å². The van der Waals surface area contributed by atoms with Crippen LogP contribution in [0.15, 0.2) is 11.6 Å². The molecule has 17 heavy (non-hydrogen) atoms. The van der Waals surface area contributed by atoms with Crippen LogP contribution in [0.25, 0.3) is 0 Å². The van der Waals surface area contributed by atoms with Crippen LogP contribution < -0.4 is 0 Å². The number of piperidine rings is 1. The van der Waals surface area contributed by atoms with Gasteiger partial charge in [0.1, 0.15) is 5.54 Å². The number of amides is 2. The Kier molecular flexibility index (Phi) is 2.76. The lowest BCUT2D eigenvalue weighted by Gasteiger charge is -2.40. The highest BCUT2D eigenvalue weighted by Gasteiger charge is 2.47. The number of hydrogen-bond donors (Lipinski definition) is 0. The third kappa shape index (κ3) is 1.75. The zero-order valence-electron chi connectivity index (χ0n) is 10.1. The first kappa shape index (κ1) is 11.8. The van der Waals surface area contributed by atoms with Crippen LogP contribution >= 0.6 is 0 Å².